The standard InChI is InChI=1S/C44H75N15O18/c1-20(2)17-28(58-39(73)25(10-13-31(63)64)53-35(69)22(45)18-33(67)68)40(74)54-23(7-5-15-50-43(46)47)37(71)56-26(11-14-32(65)66)38(72)55-24(9-12-30(61)62)36(70)52-19-29(60)59-34(21(3)4)41(75)57-27(42(76)77)8-6-16-51-44(48)49/h20-28,34H,5-19,45H2,1-4H3,(H,52,70)(H,53,69)(H,54,74)(H,55,72)(H,56,71)(H,57,75)(H,58,73)(H,59,60)(H,61,62)(H,63,64)(H,65,66)(H,67,68)(H,76,77)(H4,46,47,50)(H4,48,49,51)/t22-,23-,24-,25-,26-,27-,28-,34-/m0/s1. The molecule has 0 aliphatic rings. The number of carbonyl (C=O) groups is 13. The van der Waals surface area contributed by atoms with Gasteiger partial charge in [-0.1, -0.05) is 27.7 Å². The average Bonchev–Trinajstić information content (AvgIpc) is 3.31. The first-order valence-corrected chi connectivity index (χ1v) is 24.2. The minimum atomic E-state index is -1.82. The van der Waals surface area contributed by atoms with Gasteiger partial charge in [0.2, 0.25) is 47.3 Å². The molecule has 0 aromatic rings. The van der Waals surface area contributed by atoms with Crippen molar-refractivity contribution in [3.63, 3.8) is 0 Å². The zero-order chi connectivity index (χ0) is 59.1. The molecule has 23 N–H and O–H groups in total. The first kappa shape index (κ1) is 68.6. The van der Waals surface area contributed by atoms with Crippen molar-refractivity contribution < 1.29 is 87.9 Å². The zero-order valence-electron chi connectivity index (χ0n) is 43.2. The lowest BCUT2D eigenvalue weighted by Crippen LogP contribution is -2.60. The second kappa shape index (κ2) is 35.7. The largest absolute Gasteiger partial charge is 0.481 e. The van der Waals surface area contributed by atoms with Crippen molar-refractivity contribution in [2.75, 3.05) is 19.6 Å². The average molecular weight is 1100 g/mol. The third kappa shape index (κ3) is 30.5. The highest BCUT2D eigenvalue weighted by Gasteiger charge is 2.35. The van der Waals surface area contributed by atoms with Gasteiger partial charge in [-0.05, 0) is 63.2 Å². The van der Waals surface area contributed by atoms with Gasteiger partial charge in [-0.2, -0.15) is 0 Å². The van der Waals surface area contributed by atoms with Gasteiger partial charge >= 0.3 is 29.8 Å². The highest BCUT2D eigenvalue weighted by Crippen LogP contribution is 2.11. The van der Waals surface area contributed by atoms with E-state index in [0.29, 0.717) is 0 Å². The summed E-state index contributed by atoms with van der Waals surface area (Å²) in [7, 11) is 0. The maximum Gasteiger partial charge on any atom is 0.326 e. The van der Waals surface area contributed by atoms with E-state index in [2.05, 4.69) is 52.5 Å². The van der Waals surface area contributed by atoms with Crippen LogP contribution in [0.3, 0.4) is 0 Å². The van der Waals surface area contributed by atoms with E-state index in [9.17, 15) is 82.8 Å². The molecule has 0 bridgehead atoms. The van der Waals surface area contributed by atoms with E-state index in [1.165, 1.54) is 13.8 Å². The molecule has 434 valence electrons. The summed E-state index contributed by atoms with van der Waals surface area (Å²) in [5.41, 5.74) is 27.0. The molecule has 0 rings (SSSR count). The Balaban J connectivity index is 6.66. The van der Waals surface area contributed by atoms with Crippen molar-refractivity contribution in [3.8, 4) is 0 Å². The minimum Gasteiger partial charge on any atom is -0.481 e. The molecule has 33 heteroatoms. The molecule has 77 heavy (non-hydrogen) atoms. The second-order valence-corrected chi connectivity index (χ2v) is 18.2. The summed E-state index contributed by atoms with van der Waals surface area (Å²) < 4.78 is 0. The Morgan fingerprint density at radius 2 is 0.805 bits per heavy atom. The Morgan fingerprint density at radius 1 is 0.442 bits per heavy atom. The molecule has 0 heterocycles. The van der Waals surface area contributed by atoms with Gasteiger partial charge in [0.05, 0.1) is 19.0 Å². The number of amides is 8. The topological polar surface area (TPSA) is 574 Å². The predicted octanol–water partition coefficient (Wildman–Crippen LogP) is -6.21. The first-order chi connectivity index (χ1) is 35.8. The summed E-state index contributed by atoms with van der Waals surface area (Å²) in [5.74, 6) is -17.3. The van der Waals surface area contributed by atoms with E-state index >= 15 is 0 Å². The van der Waals surface area contributed by atoms with Gasteiger partial charge in [0.1, 0.15) is 42.3 Å². The lowest BCUT2D eigenvalue weighted by Gasteiger charge is -2.28. The highest BCUT2D eigenvalue weighted by molar-refractivity contribution is 5.98. The van der Waals surface area contributed by atoms with Crippen LogP contribution in [0.4, 0.5) is 0 Å². The molecular formula is C44H75N15O18. The number of hydrogen-bond acceptors (Lipinski definition) is 16. The number of nitrogens with two attached hydrogens (primary N) is 5. The minimum absolute atomic E-state index is 0.0262. The number of hydrogen-bond donors (Lipinski definition) is 18. The summed E-state index contributed by atoms with van der Waals surface area (Å²) in [6.45, 7) is 5.45. The zero-order valence-corrected chi connectivity index (χ0v) is 43.2. The number of rotatable bonds is 39. The predicted molar refractivity (Wildman–Crippen MR) is 269 cm³/mol. The normalized spacial score (nSPS) is 14.0. The number of nitrogens with zero attached hydrogens (tertiary/aromatic N) is 2. The number of carbonyl (C=O) groups excluding carboxylic acids is 8. The second-order valence-electron chi connectivity index (χ2n) is 18.2. The fourth-order valence-corrected chi connectivity index (χ4v) is 6.81. The van der Waals surface area contributed by atoms with E-state index in [4.69, 9.17) is 33.8 Å². The molecule has 33 nitrogen and oxygen atoms in total. The van der Waals surface area contributed by atoms with Crippen LogP contribution < -0.4 is 71.2 Å². The van der Waals surface area contributed by atoms with E-state index in [-0.39, 0.29) is 63.0 Å². The number of aliphatic carboxylic acids is 5. The molecule has 0 saturated heterocycles. The Morgan fingerprint density at radius 3 is 1.18 bits per heavy atom. The molecular weight excluding hydrogens is 1030 g/mol. The Hall–Kier alpha value is -8.39. The van der Waals surface area contributed by atoms with Crippen LogP contribution in [0.2, 0.25) is 0 Å². The number of aliphatic imine (C=N–C) groups is 2. The maximum absolute atomic E-state index is 14.1. The van der Waals surface area contributed by atoms with Gasteiger partial charge in [0.15, 0.2) is 11.9 Å². The molecule has 0 fully saturated rings. The number of carboxylic acids is 5. The van der Waals surface area contributed by atoms with Crippen LogP contribution in [0.15, 0.2) is 9.98 Å². The smallest absolute Gasteiger partial charge is 0.326 e. The summed E-state index contributed by atoms with van der Waals surface area (Å²) in [4.78, 5) is 173. The lowest BCUT2D eigenvalue weighted by molar-refractivity contribution is -0.143. The van der Waals surface area contributed by atoms with Crippen LogP contribution >= 0.6 is 0 Å². The van der Waals surface area contributed by atoms with Crippen molar-refractivity contribution in [1.29, 1.82) is 0 Å². The van der Waals surface area contributed by atoms with Crippen molar-refractivity contribution in [2.45, 2.75) is 153 Å². The van der Waals surface area contributed by atoms with Crippen LogP contribution in [0.25, 0.3) is 0 Å². The molecule has 0 aliphatic heterocycles. The van der Waals surface area contributed by atoms with Crippen LogP contribution in [0.1, 0.15) is 105 Å². The van der Waals surface area contributed by atoms with Gasteiger partial charge < -0.3 is 96.7 Å². The monoisotopic (exact) mass is 1100 g/mol. The third-order valence-electron chi connectivity index (χ3n) is 10.7. The number of nitrogens with one attached hydrogen (secondary N) is 8. The van der Waals surface area contributed by atoms with E-state index in [0.717, 1.165) is 0 Å². The molecule has 8 amide bonds. The molecule has 0 aromatic heterocycles. The van der Waals surface area contributed by atoms with Crippen molar-refractivity contribution in [3.05, 3.63) is 0 Å². The highest BCUT2D eigenvalue weighted by atomic mass is 16.4. The van der Waals surface area contributed by atoms with E-state index < -0.39 is 183 Å². The molecule has 0 aromatic carbocycles. The van der Waals surface area contributed by atoms with Gasteiger partial charge in [-0.3, -0.25) is 67.5 Å². The third-order valence-corrected chi connectivity index (χ3v) is 10.7. The van der Waals surface area contributed by atoms with Gasteiger partial charge in [0, 0.05) is 32.4 Å². The number of guanidine groups is 2. The van der Waals surface area contributed by atoms with Crippen molar-refractivity contribution in [1.82, 2.24) is 42.5 Å². The summed E-state index contributed by atoms with van der Waals surface area (Å²) in [5, 5.41) is 65.4. The summed E-state index contributed by atoms with van der Waals surface area (Å²) >= 11 is 0. The lowest BCUT2D eigenvalue weighted by atomic mass is 10.0. The fraction of sp³-hybridized carbons (Fsp3) is 0.659. The van der Waals surface area contributed by atoms with Crippen molar-refractivity contribution >= 4 is 89.0 Å². The molecule has 0 spiro atoms. The Bertz CT molecular complexity index is 2150. The Kier molecular flexibility index (Phi) is 31.8. The first-order valence-electron chi connectivity index (χ1n) is 24.2. The van der Waals surface area contributed by atoms with E-state index in [1.54, 1.807) is 13.8 Å². The maximum atomic E-state index is 14.1. The fourth-order valence-electron chi connectivity index (χ4n) is 6.81. The summed E-state index contributed by atoms with van der Waals surface area (Å²) in [6.07, 6.45) is -5.20. The van der Waals surface area contributed by atoms with Crippen LogP contribution in [-0.4, -0.2) is 183 Å². The van der Waals surface area contributed by atoms with Crippen LogP contribution in [-0.2, 0) is 62.3 Å². The molecule has 0 radical (unpaired) electrons. The Labute approximate surface area is 441 Å². The molecule has 0 saturated carbocycles. The summed E-state index contributed by atoms with van der Waals surface area (Å²) in [6, 6.07) is -12.7. The number of carboxylic acid groups (broad SMARTS) is 5. The van der Waals surface area contributed by atoms with E-state index in [1.807, 2.05) is 0 Å². The molecule has 0 unspecified atom stereocenters. The van der Waals surface area contributed by atoms with Gasteiger partial charge in [-0.25, -0.2) is 4.79 Å². The van der Waals surface area contributed by atoms with Gasteiger partial charge in [-0.15, -0.1) is 0 Å². The molecule has 0 aliphatic carbocycles. The SMILES string of the molecule is CC(C)C[C@H](NC(=O)[C@H](CCC(=O)O)NC(=O)[C@@H](N)CC(=O)O)C(=O)N[C@@H](CCCN=C(N)N)C(=O)N[C@@H](CCC(=O)O)C(=O)N[C@@H](CCC(=O)O)C(=O)NCC(=O)N[C@H](C(=O)N[C@@H](CCCN=C(N)N)C(=O)O)C(C)C. The molecule has 8 atom stereocenters. The van der Waals surface area contributed by atoms with Crippen molar-refractivity contribution in [2.24, 2.45) is 50.5 Å². The van der Waals surface area contributed by atoms with Crippen LogP contribution in [0, 0.1) is 11.8 Å². The van der Waals surface area contributed by atoms with Gasteiger partial charge in [0.25, 0.3) is 0 Å². The quantitative estimate of drug-likeness (QED) is 0.0155. The van der Waals surface area contributed by atoms with Crippen LogP contribution in [0.5, 0.6) is 0 Å².